The summed E-state index contributed by atoms with van der Waals surface area (Å²) in [5, 5.41) is 7.56. The van der Waals surface area contributed by atoms with Crippen molar-refractivity contribution in [3.8, 4) is 0 Å². The van der Waals surface area contributed by atoms with Crippen LogP contribution in [0, 0.1) is 29.1 Å². The van der Waals surface area contributed by atoms with Crippen LogP contribution in [0.2, 0.25) is 0 Å². The summed E-state index contributed by atoms with van der Waals surface area (Å²) in [7, 11) is -0.720. The van der Waals surface area contributed by atoms with Crippen molar-refractivity contribution >= 4 is 7.48 Å². The third kappa shape index (κ3) is 2.03. The Morgan fingerprint density at radius 3 is 1.59 bits per heavy atom. The second-order valence-corrected chi connectivity index (χ2v) is 4.02. The molecule has 1 aromatic rings. The van der Waals surface area contributed by atoms with E-state index in [1.165, 1.54) is 13.8 Å². The number of halogens is 5. The Hall–Kier alpha value is -1.11. The van der Waals surface area contributed by atoms with Crippen molar-refractivity contribution < 1.29 is 27.0 Å². The van der Waals surface area contributed by atoms with E-state index in [0.717, 1.165) is 0 Å². The van der Waals surface area contributed by atoms with Gasteiger partial charge in [0.2, 0.25) is 5.82 Å². The Labute approximate surface area is 95.5 Å². The van der Waals surface area contributed by atoms with E-state index in [2.05, 4.69) is 0 Å². The van der Waals surface area contributed by atoms with Crippen molar-refractivity contribution in [3.05, 3.63) is 34.6 Å². The monoisotopic (exact) mass is 252 g/mol. The van der Waals surface area contributed by atoms with E-state index in [1.54, 1.807) is 0 Å². The van der Waals surface area contributed by atoms with Gasteiger partial charge in [0.25, 0.3) is 7.48 Å². The highest BCUT2D eigenvalue weighted by atomic mass is 19.2. The van der Waals surface area contributed by atoms with E-state index >= 15 is 0 Å². The Balaban J connectivity index is 3.65. The molecule has 0 saturated carbocycles. The van der Waals surface area contributed by atoms with Crippen LogP contribution >= 0.6 is 0 Å². The first-order chi connectivity index (χ1) is 7.80. The van der Waals surface area contributed by atoms with Gasteiger partial charge in [-0.15, -0.1) is 0 Å². The van der Waals surface area contributed by atoms with Crippen LogP contribution in [-0.4, -0.2) is 12.5 Å². The Morgan fingerprint density at radius 1 is 0.941 bits per heavy atom. The Bertz CT molecular complexity index is 416. The summed E-state index contributed by atoms with van der Waals surface area (Å²) in [6, 6.07) is 0. The van der Waals surface area contributed by atoms with Crippen LogP contribution in [0.5, 0.6) is 0 Å². The molecule has 0 radical (unpaired) electrons. The number of hydrogen-bond acceptors (Lipinski definition) is 1. The standard InChI is InChI=1S/C10H10BF5O/c1-3-10(2,11-17)4-5(12)7(14)9(16)8(15)6(4)13/h11,17H,3H2,1-2H3. The summed E-state index contributed by atoms with van der Waals surface area (Å²) in [6.45, 7) is 2.71. The number of rotatable bonds is 3. The van der Waals surface area contributed by atoms with E-state index in [9.17, 15) is 22.0 Å². The number of hydrogen-bond donors (Lipinski definition) is 1. The van der Waals surface area contributed by atoms with Crippen molar-refractivity contribution in [1.29, 1.82) is 0 Å². The van der Waals surface area contributed by atoms with Crippen molar-refractivity contribution in [2.45, 2.75) is 25.6 Å². The molecule has 1 atom stereocenters. The first kappa shape index (κ1) is 14.0. The van der Waals surface area contributed by atoms with Crippen molar-refractivity contribution in [1.82, 2.24) is 0 Å². The highest BCUT2D eigenvalue weighted by Gasteiger charge is 2.37. The van der Waals surface area contributed by atoms with Gasteiger partial charge in [0.15, 0.2) is 23.3 Å². The van der Waals surface area contributed by atoms with Crippen LogP contribution in [0.25, 0.3) is 0 Å². The minimum Gasteiger partial charge on any atom is -0.453 e. The quantitative estimate of drug-likeness (QED) is 0.379. The van der Waals surface area contributed by atoms with Gasteiger partial charge in [0.05, 0.1) is 0 Å². The van der Waals surface area contributed by atoms with Gasteiger partial charge in [-0.3, -0.25) is 0 Å². The molecular formula is C10H10BF5O. The number of benzene rings is 1. The fourth-order valence-corrected chi connectivity index (χ4v) is 1.50. The maximum absolute atomic E-state index is 13.4. The van der Waals surface area contributed by atoms with Gasteiger partial charge in [-0.1, -0.05) is 20.3 Å². The topological polar surface area (TPSA) is 20.2 Å². The first-order valence-corrected chi connectivity index (χ1v) is 4.93. The highest BCUT2D eigenvalue weighted by molar-refractivity contribution is 6.30. The molecule has 0 aliphatic heterocycles. The molecule has 17 heavy (non-hydrogen) atoms. The van der Waals surface area contributed by atoms with Crippen LogP contribution < -0.4 is 0 Å². The summed E-state index contributed by atoms with van der Waals surface area (Å²) in [5.41, 5.74) is -0.973. The molecule has 0 saturated heterocycles. The van der Waals surface area contributed by atoms with Crippen LogP contribution in [-0.2, 0) is 5.31 Å². The minimum atomic E-state index is -2.19. The Morgan fingerprint density at radius 2 is 1.29 bits per heavy atom. The second-order valence-electron chi connectivity index (χ2n) is 4.02. The molecule has 0 amide bonds. The predicted octanol–water partition coefficient (Wildman–Crippen LogP) is 2.35. The zero-order chi connectivity index (χ0) is 13.4. The molecule has 0 bridgehead atoms. The minimum absolute atomic E-state index is 0.0296. The van der Waals surface area contributed by atoms with Crippen molar-refractivity contribution in [3.63, 3.8) is 0 Å². The molecule has 0 aromatic heterocycles. The molecule has 0 heterocycles. The van der Waals surface area contributed by atoms with Gasteiger partial charge in [0.1, 0.15) is 0 Å². The van der Waals surface area contributed by atoms with Crippen molar-refractivity contribution in [2.24, 2.45) is 0 Å². The molecule has 1 rings (SSSR count). The molecule has 0 fully saturated rings. The summed E-state index contributed by atoms with van der Waals surface area (Å²) in [5.74, 6) is -9.96. The molecule has 1 aromatic carbocycles. The normalized spacial score (nSPS) is 14.6. The molecular weight excluding hydrogens is 242 g/mol. The lowest BCUT2D eigenvalue weighted by Crippen LogP contribution is -2.32. The summed E-state index contributed by atoms with van der Waals surface area (Å²) < 4.78 is 65.6. The maximum atomic E-state index is 13.4. The third-order valence-corrected chi connectivity index (χ3v) is 2.94. The van der Waals surface area contributed by atoms with Crippen LogP contribution in [0.4, 0.5) is 22.0 Å². The van der Waals surface area contributed by atoms with E-state index in [4.69, 9.17) is 5.02 Å². The van der Waals surface area contributed by atoms with E-state index < -0.39 is 47.4 Å². The van der Waals surface area contributed by atoms with Crippen LogP contribution in [0.3, 0.4) is 0 Å². The predicted molar refractivity (Wildman–Crippen MR) is 53.2 cm³/mol. The van der Waals surface area contributed by atoms with Gasteiger partial charge in [-0.2, -0.15) is 0 Å². The fourth-order valence-electron chi connectivity index (χ4n) is 1.50. The fraction of sp³-hybridized carbons (Fsp3) is 0.400. The van der Waals surface area contributed by atoms with Crippen LogP contribution in [0.1, 0.15) is 25.8 Å². The molecule has 0 spiro atoms. The van der Waals surface area contributed by atoms with Gasteiger partial charge < -0.3 is 5.02 Å². The lowest BCUT2D eigenvalue weighted by atomic mass is 9.59. The van der Waals surface area contributed by atoms with E-state index in [-0.39, 0.29) is 6.42 Å². The molecule has 1 nitrogen and oxygen atoms in total. The zero-order valence-corrected chi connectivity index (χ0v) is 9.25. The molecule has 0 aliphatic carbocycles. The smallest absolute Gasteiger partial charge is 0.281 e. The summed E-state index contributed by atoms with van der Waals surface area (Å²) >= 11 is 0. The maximum Gasteiger partial charge on any atom is 0.281 e. The van der Waals surface area contributed by atoms with Crippen molar-refractivity contribution in [2.75, 3.05) is 0 Å². The molecule has 0 aliphatic rings. The lowest BCUT2D eigenvalue weighted by molar-refractivity contribution is 0.354. The molecule has 94 valence electrons. The van der Waals surface area contributed by atoms with Gasteiger partial charge in [-0.25, -0.2) is 22.0 Å². The SMILES string of the molecule is CCC(C)(BO)c1c(F)c(F)c(F)c(F)c1F. The van der Waals surface area contributed by atoms with Gasteiger partial charge in [0, 0.05) is 10.9 Å². The second kappa shape index (κ2) is 4.64. The summed E-state index contributed by atoms with van der Waals surface area (Å²) in [6.07, 6.45) is 0.0296. The average Bonchev–Trinajstić information content (AvgIpc) is 2.33. The molecule has 1 unspecified atom stereocenters. The first-order valence-electron chi connectivity index (χ1n) is 4.93. The molecule has 1 N–H and O–H groups in total. The largest absolute Gasteiger partial charge is 0.453 e. The molecule has 7 heteroatoms. The zero-order valence-electron chi connectivity index (χ0n) is 9.25. The highest BCUT2D eigenvalue weighted by Crippen LogP contribution is 2.34. The van der Waals surface area contributed by atoms with E-state index in [0.29, 0.717) is 0 Å². The van der Waals surface area contributed by atoms with E-state index in [1.807, 2.05) is 0 Å². The average molecular weight is 252 g/mol. The van der Waals surface area contributed by atoms with Crippen LogP contribution in [0.15, 0.2) is 0 Å². The lowest BCUT2D eigenvalue weighted by Gasteiger charge is -2.26. The van der Waals surface area contributed by atoms with Gasteiger partial charge in [-0.05, 0) is 0 Å². The summed E-state index contributed by atoms with van der Waals surface area (Å²) in [4.78, 5) is 0. The third-order valence-electron chi connectivity index (χ3n) is 2.94. The van der Waals surface area contributed by atoms with Gasteiger partial charge >= 0.3 is 0 Å². The Kier molecular flexibility index (Phi) is 3.81.